The Labute approximate surface area is 219 Å². The van der Waals surface area contributed by atoms with Gasteiger partial charge in [-0.25, -0.2) is 8.42 Å². The summed E-state index contributed by atoms with van der Waals surface area (Å²) < 4.78 is 31.3. The van der Waals surface area contributed by atoms with Crippen LogP contribution in [0.2, 0.25) is 5.02 Å². The average Bonchev–Trinajstić information content (AvgIpc) is 2.85. The van der Waals surface area contributed by atoms with Gasteiger partial charge in [0.05, 0.1) is 24.1 Å². The first-order valence-electron chi connectivity index (χ1n) is 12.0. The van der Waals surface area contributed by atoms with Crippen LogP contribution in [-0.2, 0) is 26.0 Å². The molecule has 0 aliphatic rings. The number of hydrogen-bond acceptors (Lipinski definition) is 5. The summed E-state index contributed by atoms with van der Waals surface area (Å²) in [5.41, 5.74) is 1.46. The first kappa shape index (κ1) is 29.5. The lowest BCUT2D eigenvalue weighted by Gasteiger charge is -2.29. The molecule has 0 aliphatic heterocycles. The van der Waals surface area contributed by atoms with Gasteiger partial charge in [-0.15, -0.1) is 0 Å². The summed E-state index contributed by atoms with van der Waals surface area (Å²) in [6.45, 7) is 4.70. The zero-order valence-corrected chi connectivity index (χ0v) is 22.9. The summed E-state index contributed by atoms with van der Waals surface area (Å²) in [5.74, 6) is 0.0311. The lowest BCUT2D eigenvalue weighted by molar-refractivity contribution is -0.139. The van der Waals surface area contributed by atoms with E-state index in [0.29, 0.717) is 36.0 Å². The molecule has 0 aliphatic carbocycles. The van der Waals surface area contributed by atoms with E-state index in [2.05, 4.69) is 5.32 Å². The van der Waals surface area contributed by atoms with Crippen LogP contribution in [-0.4, -0.2) is 64.2 Å². The summed E-state index contributed by atoms with van der Waals surface area (Å²) in [7, 11) is -2.13. The Hall–Kier alpha value is -2.78. The zero-order chi connectivity index (χ0) is 26.7. The van der Waals surface area contributed by atoms with Crippen molar-refractivity contribution in [3.63, 3.8) is 0 Å². The minimum atomic E-state index is -3.61. The molecule has 8 nitrogen and oxygen atoms in total. The molecule has 0 bridgehead atoms. The van der Waals surface area contributed by atoms with Gasteiger partial charge in [0.25, 0.3) is 0 Å². The number of anilines is 1. The second kappa shape index (κ2) is 14.1. The monoisotopic (exact) mass is 537 g/mol. The smallest absolute Gasteiger partial charge is 0.242 e. The van der Waals surface area contributed by atoms with Crippen LogP contribution in [0.25, 0.3) is 0 Å². The lowest BCUT2D eigenvalue weighted by atomic mass is 10.1. The predicted molar refractivity (Wildman–Crippen MR) is 144 cm³/mol. The van der Waals surface area contributed by atoms with Crippen molar-refractivity contribution in [3.05, 3.63) is 59.1 Å². The average molecular weight is 538 g/mol. The van der Waals surface area contributed by atoms with Crippen molar-refractivity contribution in [2.75, 3.05) is 37.3 Å². The molecule has 0 saturated carbocycles. The van der Waals surface area contributed by atoms with E-state index < -0.39 is 16.1 Å². The van der Waals surface area contributed by atoms with Crippen molar-refractivity contribution >= 4 is 39.1 Å². The molecule has 10 heteroatoms. The number of carbonyl (C=O) groups is 2. The van der Waals surface area contributed by atoms with E-state index in [1.54, 1.807) is 24.0 Å². The Morgan fingerprint density at radius 3 is 2.39 bits per heavy atom. The van der Waals surface area contributed by atoms with Crippen molar-refractivity contribution < 1.29 is 22.7 Å². The number of nitrogens with zero attached hydrogens (tertiary/aromatic N) is 2. The van der Waals surface area contributed by atoms with E-state index >= 15 is 0 Å². The van der Waals surface area contributed by atoms with E-state index in [-0.39, 0.29) is 31.2 Å². The van der Waals surface area contributed by atoms with Crippen molar-refractivity contribution in [1.82, 2.24) is 10.2 Å². The molecule has 2 rings (SSSR count). The number of carbonyl (C=O) groups excluding carboxylic acids is 2. The number of amides is 2. The van der Waals surface area contributed by atoms with Crippen molar-refractivity contribution in [3.8, 4) is 5.75 Å². The minimum Gasteiger partial charge on any atom is -0.495 e. The predicted octanol–water partition coefficient (Wildman–Crippen LogP) is 3.88. The summed E-state index contributed by atoms with van der Waals surface area (Å²) in [6.07, 6.45) is 2.89. The highest BCUT2D eigenvalue weighted by atomic mass is 35.5. The van der Waals surface area contributed by atoms with Crippen LogP contribution in [0.15, 0.2) is 48.5 Å². The van der Waals surface area contributed by atoms with E-state index in [0.717, 1.165) is 18.2 Å². The maximum absolute atomic E-state index is 13.2. The number of rotatable bonds is 14. The van der Waals surface area contributed by atoms with Gasteiger partial charge in [0, 0.05) is 26.1 Å². The van der Waals surface area contributed by atoms with Crippen molar-refractivity contribution in [2.24, 2.45) is 0 Å². The van der Waals surface area contributed by atoms with Crippen LogP contribution in [0, 0.1) is 0 Å². The van der Waals surface area contributed by atoms with Gasteiger partial charge in [-0.05, 0) is 49.9 Å². The Kier molecular flexibility index (Phi) is 11.5. The van der Waals surface area contributed by atoms with E-state index in [1.807, 2.05) is 37.3 Å². The van der Waals surface area contributed by atoms with Crippen molar-refractivity contribution in [2.45, 2.75) is 45.6 Å². The number of ether oxygens (including phenoxy) is 1. The molecule has 2 amide bonds. The SMILES string of the molecule is CCCNC(=O)[C@H](C)N(CCc1ccccc1)C(=O)CCCN(c1ccc(OC)c(Cl)c1)S(C)(=O)=O. The quantitative estimate of drug-likeness (QED) is 0.394. The van der Waals surface area contributed by atoms with Gasteiger partial charge in [-0.2, -0.15) is 0 Å². The molecule has 1 N–H and O–H groups in total. The van der Waals surface area contributed by atoms with Gasteiger partial charge in [0.2, 0.25) is 21.8 Å². The number of nitrogens with one attached hydrogen (secondary N) is 1. The topological polar surface area (TPSA) is 96.0 Å². The number of hydrogen-bond donors (Lipinski definition) is 1. The molecule has 2 aromatic carbocycles. The molecule has 36 heavy (non-hydrogen) atoms. The molecule has 0 aromatic heterocycles. The standard InChI is InChI=1S/C26H36ClN3O5S/c1-5-16-28-26(32)20(2)29(18-15-21-10-7-6-8-11-21)25(31)12-9-17-30(36(4,33)34)22-13-14-24(35-3)23(27)19-22/h6-8,10-11,13-14,19-20H,5,9,12,15-18H2,1-4H3,(H,28,32)/t20-/m0/s1. The third-order valence-electron chi connectivity index (χ3n) is 5.78. The van der Waals surface area contributed by atoms with E-state index in [9.17, 15) is 18.0 Å². The van der Waals surface area contributed by atoms with Crippen LogP contribution in [0.4, 0.5) is 5.69 Å². The van der Waals surface area contributed by atoms with Gasteiger partial charge in [-0.1, -0.05) is 48.9 Å². The van der Waals surface area contributed by atoms with Crippen molar-refractivity contribution in [1.29, 1.82) is 0 Å². The van der Waals surface area contributed by atoms with Crippen LogP contribution in [0.5, 0.6) is 5.75 Å². The second-order valence-corrected chi connectivity index (χ2v) is 10.9. The van der Waals surface area contributed by atoms with Gasteiger partial charge in [0.1, 0.15) is 11.8 Å². The Morgan fingerprint density at radius 2 is 1.81 bits per heavy atom. The lowest BCUT2D eigenvalue weighted by Crippen LogP contribution is -2.49. The summed E-state index contributed by atoms with van der Waals surface area (Å²) >= 11 is 6.19. The Morgan fingerprint density at radius 1 is 1.11 bits per heavy atom. The van der Waals surface area contributed by atoms with Gasteiger partial charge in [0.15, 0.2) is 0 Å². The summed E-state index contributed by atoms with van der Waals surface area (Å²) in [5, 5.41) is 3.14. The fourth-order valence-electron chi connectivity index (χ4n) is 3.78. The van der Waals surface area contributed by atoms with Gasteiger partial charge < -0.3 is 15.0 Å². The molecule has 0 radical (unpaired) electrons. The van der Waals surface area contributed by atoms with Crippen LogP contribution < -0.4 is 14.4 Å². The molecule has 198 valence electrons. The fraction of sp³-hybridized carbons (Fsp3) is 0.462. The number of methoxy groups -OCH3 is 1. The minimum absolute atomic E-state index is 0.0933. The molecule has 0 heterocycles. The number of benzene rings is 2. The maximum atomic E-state index is 13.2. The Balaban J connectivity index is 2.12. The fourth-order valence-corrected chi connectivity index (χ4v) is 4.99. The normalized spacial score (nSPS) is 12.0. The van der Waals surface area contributed by atoms with Gasteiger partial charge in [-0.3, -0.25) is 13.9 Å². The highest BCUT2D eigenvalue weighted by Crippen LogP contribution is 2.30. The molecular formula is C26H36ClN3O5S. The molecular weight excluding hydrogens is 502 g/mol. The van der Waals surface area contributed by atoms with Crippen LogP contribution >= 0.6 is 11.6 Å². The molecule has 0 saturated heterocycles. The molecule has 0 unspecified atom stereocenters. The highest BCUT2D eigenvalue weighted by Gasteiger charge is 2.26. The molecule has 2 aromatic rings. The highest BCUT2D eigenvalue weighted by molar-refractivity contribution is 7.92. The van der Waals surface area contributed by atoms with Gasteiger partial charge >= 0.3 is 0 Å². The maximum Gasteiger partial charge on any atom is 0.242 e. The summed E-state index contributed by atoms with van der Waals surface area (Å²) in [4.78, 5) is 27.4. The number of sulfonamides is 1. The molecule has 1 atom stereocenters. The number of halogens is 1. The third kappa shape index (κ3) is 8.71. The molecule has 0 fully saturated rings. The Bertz CT molecular complexity index is 1110. The van der Waals surface area contributed by atoms with Crippen LogP contribution in [0.3, 0.4) is 0 Å². The zero-order valence-electron chi connectivity index (χ0n) is 21.4. The molecule has 0 spiro atoms. The third-order valence-corrected chi connectivity index (χ3v) is 7.27. The van der Waals surface area contributed by atoms with E-state index in [4.69, 9.17) is 16.3 Å². The first-order valence-corrected chi connectivity index (χ1v) is 14.2. The second-order valence-electron chi connectivity index (χ2n) is 8.55. The van der Waals surface area contributed by atoms with E-state index in [1.165, 1.54) is 17.5 Å². The van der Waals surface area contributed by atoms with Crippen LogP contribution in [0.1, 0.15) is 38.7 Å². The summed E-state index contributed by atoms with van der Waals surface area (Å²) in [6, 6.07) is 13.9. The largest absolute Gasteiger partial charge is 0.495 e. The first-order chi connectivity index (χ1) is 17.1.